The Balaban J connectivity index is 1.78. The van der Waals surface area contributed by atoms with Gasteiger partial charge < -0.3 is 9.84 Å². The number of carboxylic acid groups (broad SMARTS) is 1. The average Bonchev–Trinajstić information content (AvgIpc) is 2.97. The summed E-state index contributed by atoms with van der Waals surface area (Å²) in [5.41, 5.74) is 6.24. The predicted molar refractivity (Wildman–Crippen MR) is 85.7 cm³/mol. The van der Waals surface area contributed by atoms with E-state index in [2.05, 4.69) is 19.1 Å². The van der Waals surface area contributed by atoms with Crippen molar-refractivity contribution in [2.24, 2.45) is 0 Å². The molecular formula is C19H20O3. The molecule has 0 saturated heterocycles. The summed E-state index contributed by atoms with van der Waals surface area (Å²) in [5.74, 6) is 0.0828. The van der Waals surface area contributed by atoms with Crippen LogP contribution in [0.2, 0.25) is 0 Å². The number of rotatable bonds is 4. The van der Waals surface area contributed by atoms with Gasteiger partial charge in [0.1, 0.15) is 12.4 Å². The van der Waals surface area contributed by atoms with E-state index < -0.39 is 5.97 Å². The normalized spacial score (nSPS) is 13.0. The van der Waals surface area contributed by atoms with E-state index in [1.54, 1.807) is 6.07 Å². The first-order valence-corrected chi connectivity index (χ1v) is 7.63. The molecule has 22 heavy (non-hydrogen) atoms. The highest BCUT2D eigenvalue weighted by Crippen LogP contribution is 2.33. The van der Waals surface area contributed by atoms with Gasteiger partial charge in [-0.2, -0.15) is 0 Å². The second-order valence-corrected chi connectivity index (χ2v) is 5.93. The minimum absolute atomic E-state index is 0.347. The number of aromatic carboxylic acids is 1. The largest absolute Gasteiger partial charge is 0.489 e. The van der Waals surface area contributed by atoms with Gasteiger partial charge in [0.15, 0.2) is 0 Å². The van der Waals surface area contributed by atoms with Crippen molar-refractivity contribution in [1.29, 1.82) is 0 Å². The summed E-state index contributed by atoms with van der Waals surface area (Å²) in [7, 11) is 0. The third-order valence-corrected chi connectivity index (χ3v) is 4.39. The van der Waals surface area contributed by atoms with Gasteiger partial charge in [-0.25, -0.2) is 4.79 Å². The SMILES string of the molecule is Cc1cc(COc2ccc(C)c3c2CCC3)ccc1C(=O)O. The van der Waals surface area contributed by atoms with Gasteiger partial charge in [0.05, 0.1) is 5.56 Å². The van der Waals surface area contributed by atoms with E-state index in [1.807, 2.05) is 19.1 Å². The van der Waals surface area contributed by atoms with Gasteiger partial charge >= 0.3 is 5.97 Å². The van der Waals surface area contributed by atoms with Crippen LogP contribution in [0, 0.1) is 13.8 Å². The zero-order chi connectivity index (χ0) is 15.7. The Labute approximate surface area is 130 Å². The first-order chi connectivity index (χ1) is 10.6. The molecule has 1 aliphatic rings. The molecule has 2 aromatic carbocycles. The zero-order valence-corrected chi connectivity index (χ0v) is 13.0. The molecule has 0 radical (unpaired) electrons. The van der Waals surface area contributed by atoms with E-state index >= 15 is 0 Å². The number of hydrogen-bond donors (Lipinski definition) is 1. The number of carbonyl (C=O) groups is 1. The monoisotopic (exact) mass is 296 g/mol. The van der Waals surface area contributed by atoms with Crippen LogP contribution in [0.25, 0.3) is 0 Å². The molecule has 114 valence electrons. The second-order valence-electron chi connectivity index (χ2n) is 5.93. The van der Waals surface area contributed by atoms with Crippen LogP contribution < -0.4 is 4.74 Å². The molecule has 0 aliphatic heterocycles. The molecule has 0 saturated carbocycles. The fraction of sp³-hybridized carbons (Fsp3) is 0.316. The fourth-order valence-corrected chi connectivity index (χ4v) is 3.20. The minimum Gasteiger partial charge on any atom is -0.489 e. The van der Waals surface area contributed by atoms with Crippen LogP contribution in [-0.2, 0) is 19.4 Å². The summed E-state index contributed by atoms with van der Waals surface area (Å²) in [6.45, 7) is 4.44. The van der Waals surface area contributed by atoms with Crippen LogP contribution in [0.4, 0.5) is 0 Å². The van der Waals surface area contributed by atoms with E-state index in [1.165, 1.54) is 23.1 Å². The summed E-state index contributed by atoms with van der Waals surface area (Å²) in [5, 5.41) is 9.06. The molecule has 1 N–H and O–H groups in total. The average molecular weight is 296 g/mol. The summed E-state index contributed by atoms with van der Waals surface area (Å²) in [6, 6.07) is 9.54. The Morgan fingerprint density at radius 3 is 2.59 bits per heavy atom. The lowest BCUT2D eigenvalue weighted by atomic mass is 10.0. The third kappa shape index (κ3) is 2.71. The minimum atomic E-state index is -0.888. The van der Waals surface area contributed by atoms with Gasteiger partial charge in [-0.1, -0.05) is 18.2 Å². The van der Waals surface area contributed by atoms with Crippen LogP contribution in [0.5, 0.6) is 5.75 Å². The maximum Gasteiger partial charge on any atom is 0.335 e. The molecule has 1 aliphatic carbocycles. The molecule has 3 nitrogen and oxygen atoms in total. The number of ether oxygens (including phenoxy) is 1. The van der Waals surface area contributed by atoms with Gasteiger partial charge in [0, 0.05) is 0 Å². The van der Waals surface area contributed by atoms with Gasteiger partial charge in [-0.3, -0.25) is 0 Å². The molecule has 0 spiro atoms. The highest BCUT2D eigenvalue weighted by atomic mass is 16.5. The second kappa shape index (κ2) is 5.84. The van der Waals surface area contributed by atoms with Crippen LogP contribution >= 0.6 is 0 Å². The van der Waals surface area contributed by atoms with Crippen molar-refractivity contribution in [1.82, 2.24) is 0 Å². The van der Waals surface area contributed by atoms with E-state index in [-0.39, 0.29) is 0 Å². The van der Waals surface area contributed by atoms with Crippen molar-refractivity contribution >= 4 is 5.97 Å². The standard InChI is InChI=1S/C19H20O3/c1-12-6-9-18(17-5-3-4-15(12)17)22-11-14-7-8-16(19(20)21)13(2)10-14/h6-10H,3-5,11H2,1-2H3,(H,20,21). The lowest BCUT2D eigenvalue weighted by molar-refractivity contribution is 0.0696. The topological polar surface area (TPSA) is 46.5 Å². The Bertz CT molecular complexity index is 732. The lowest BCUT2D eigenvalue weighted by Crippen LogP contribution is -2.03. The van der Waals surface area contributed by atoms with Crippen molar-refractivity contribution in [3.8, 4) is 5.75 Å². The summed E-state index contributed by atoms with van der Waals surface area (Å²) in [6.07, 6.45) is 3.43. The van der Waals surface area contributed by atoms with E-state index in [0.29, 0.717) is 12.2 Å². The number of aryl methyl sites for hydroxylation is 2. The number of benzene rings is 2. The van der Waals surface area contributed by atoms with Crippen molar-refractivity contribution in [3.63, 3.8) is 0 Å². The zero-order valence-electron chi connectivity index (χ0n) is 13.0. The van der Waals surface area contributed by atoms with Crippen molar-refractivity contribution in [3.05, 3.63) is 63.7 Å². The smallest absolute Gasteiger partial charge is 0.335 e. The van der Waals surface area contributed by atoms with Gasteiger partial charge in [0.2, 0.25) is 0 Å². The number of fused-ring (bicyclic) bond motifs is 1. The molecule has 0 unspecified atom stereocenters. The molecule has 0 aromatic heterocycles. The van der Waals surface area contributed by atoms with Crippen molar-refractivity contribution in [2.45, 2.75) is 39.7 Å². The highest BCUT2D eigenvalue weighted by molar-refractivity contribution is 5.89. The summed E-state index contributed by atoms with van der Waals surface area (Å²) >= 11 is 0. The van der Waals surface area contributed by atoms with Gasteiger partial charge in [-0.05, 0) is 73.1 Å². The van der Waals surface area contributed by atoms with Crippen LogP contribution in [-0.4, -0.2) is 11.1 Å². The lowest BCUT2D eigenvalue weighted by Gasteiger charge is -2.13. The predicted octanol–water partition coefficient (Wildman–Crippen LogP) is 4.07. The molecule has 0 fully saturated rings. The van der Waals surface area contributed by atoms with Crippen LogP contribution in [0.15, 0.2) is 30.3 Å². The maximum atomic E-state index is 11.0. The van der Waals surface area contributed by atoms with E-state index in [9.17, 15) is 4.79 Å². The Morgan fingerprint density at radius 2 is 1.86 bits per heavy atom. The summed E-state index contributed by atoms with van der Waals surface area (Å²) < 4.78 is 6.00. The molecule has 2 aromatic rings. The molecule has 0 bridgehead atoms. The maximum absolute atomic E-state index is 11.0. The molecule has 0 amide bonds. The molecule has 3 heteroatoms. The Hall–Kier alpha value is -2.29. The molecule has 0 atom stereocenters. The van der Waals surface area contributed by atoms with E-state index in [4.69, 9.17) is 9.84 Å². The van der Waals surface area contributed by atoms with Gasteiger partial charge in [-0.15, -0.1) is 0 Å². The Morgan fingerprint density at radius 1 is 1.09 bits per heavy atom. The van der Waals surface area contributed by atoms with Crippen LogP contribution in [0.1, 0.15) is 44.6 Å². The fourth-order valence-electron chi connectivity index (χ4n) is 3.20. The van der Waals surface area contributed by atoms with E-state index in [0.717, 1.165) is 29.7 Å². The van der Waals surface area contributed by atoms with Crippen LogP contribution in [0.3, 0.4) is 0 Å². The quantitative estimate of drug-likeness (QED) is 0.925. The Kier molecular flexibility index (Phi) is 3.88. The highest BCUT2D eigenvalue weighted by Gasteiger charge is 2.17. The first kappa shape index (κ1) is 14.6. The first-order valence-electron chi connectivity index (χ1n) is 7.63. The molecule has 3 rings (SSSR count). The van der Waals surface area contributed by atoms with Gasteiger partial charge in [0.25, 0.3) is 0 Å². The molecular weight excluding hydrogens is 276 g/mol. The van der Waals surface area contributed by atoms with Crippen molar-refractivity contribution < 1.29 is 14.6 Å². The number of carboxylic acids is 1. The molecule has 0 heterocycles. The summed E-state index contributed by atoms with van der Waals surface area (Å²) in [4.78, 5) is 11.0. The third-order valence-electron chi connectivity index (χ3n) is 4.39. The van der Waals surface area contributed by atoms with Crippen molar-refractivity contribution in [2.75, 3.05) is 0 Å². The number of hydrogen-bond acceptors (Lipinski definition) is 2.